The van der Waals surface area contributed by atoms with E-state index in [9.17, 15) is 9.59 Å². The van der Waals surface area contributed by atoms with E-state index >= 15 is 0 Å². The number of hydrogen-bond acceptors (Lipinski definition) is 3. The van der Waals surface area contributed by atoms with Gasteiger partial charge in [-0.3, -0.25) is 9.59 Å². The second kappa shape index (κ2) is 6.40. The minimum absolute atomic E-state index is 0.0157. The van der Waals surface area contributed by atoms with E-state index < -0.39 is 0 Å². The van der Waals surface area contributed by atoms with E-state index in [-0.39, 0.29) is 29.9 Å². The van der Waals surface area contributed by atoms with Crippen LogP contribution in [0.4, 0.5) is 0 Å². The van der Waals surface area contributed by atoms with Gasteiger partial charge in [0, 0.05) is 23.7 Å². The molecule has 4 nitrogen and oxygen atoms in total. The molecule has 0 saturated carbocycles. The summed E-state index contributed by atoms with van der Waals surface area (Å²) in [5.74, 6) is 0.142. The molecular weight excluding hydrogens is 320 g/mol. The van der Waals surface area contributed by atoms with Gasteiger partial charge in [0.2, 0.25) is 0 Å². The molecule has 124 valence electrons. The zero-order chi connectivity index (χ0) is 16.5. The third kappa shape index (κ3) is 2.84. The van der Waals surface area contributed by atoms with E-state index in [1.54, 1.807) is 0 Å². The number of thiophene rings is 1. The van der Waals surface area contributed by atoms with Crippen LogP contribution in [-0.2, 0) is 0 Å². The van der Waals surface area contributed by atoms with Gasteiger partial charge in [0.25, 0.3) is 11.8 Å². The summed E-state index contributed by atoms with van der Waals surface area (Å²) in [5, 5.41) is 5.10. The molecule has 0 radical (unpaired) electrons. The van der Waals surface area contributed by atoms with Gasteiger partial charge in [-0.1, -0.05) is 24.3 Å². The number of benzene rings is 1. The van der Waals surface area contributed by atoms with Crippen LogP contribution in [0.15, 0.2) is 47.8 Å². The van der Waals surface area contributed by atoms with Gasteiger partial charge < -0.3 is 10.2 Å². The number of nitrogens with zero attached hydrogens (tertiary/aromatic N) is 1. The summed E-state index contributed by atoms with van der Waals surface area (Å²) in [4.78, 5) is 28.0. The molecule has 4 rings (SSSR count). The van der Waals surface area contributed by atoms with E-state index in [4.69, 9.17) is 0 Å². The number of carbonyl (C=O) groups excluding carboxylic acids is 2. The lowest BCUT2D eigenvalue weighted by Gasteiger charge is -2.39. The van der Waals surface area contributed by atoms with Gasteiger partial charge >= 0.3 is 0 Å². The van der Waals surface area contributed by atoms with Crippen molar-refractivity contribution in [2.24, 2.45) is 0 Å². The Balaban J connectivity index is 1.43. The zero-order valence-corrected chi connectivity index (χ0v) is 14.2. The highest BCUT2D eigenvalue weighted by atomic mass is 32.1. The Morgan fingerprint density at radius 3 is 2.33 bits per heavy atom. The largest absolute Gasteiger partial charge is 0.349 e. The highest BCUT2D eigenvalue weighted by Crippen LogP contribution is 2.37. The second-order valence-electron chi connectivity index (χ2n) is 6.58. The summed E-state index contributed by atoms with van der Waals surface area (Å²) in [6, 6.07) is 13.8. The summed E-state index contributed by atoms with van der Waals surface area (Å²) in [6.45, 7) is 0. The molecule has 1 N–H and O–H groups in total. The summed E-state index contributed by atoms with van der Waals surface area (Å²) in [7, 11) is 0. The third-order valence-corrected chi connectivity index (χ3v) is 5.93. The summed E-state index contributed by atoms with van der Waals surface area (Å²) in [5.41, 5.74) is 0.696. The van der Waals surface area contributed by atoms with Crippen LogP contribution in [-0.4, -0.2) is 34.8 Å². The minimum Gasteiger partial charge on any atom is -0.349 e. The lowest BCUT2D eigenvalue weighted by atomic mass is 9.96. The van der Waals surface area contributed by atoms with Crippen molar-refractivity contribution in [2.45, 2.75) is 43.8 Å². The topological polar surface area (TPSA) is 49.4 Å². The van der Waals surface area contributed by atoms with Crippen LogP contribution < -0.4 is 5.32 Å². The highest BCUT2D eigenvalue weighted by Gasteiger charge is 2.43. The van der Waals surface area contributed by atoms with Crippen LogP contribution in [0.25, 0.3) is 0 Å². The predicted octanol–water partition coefficient (Wildman–Crippen LogP) is 3.31. The first kappa shape index (κ1) is 15.4. The van der Waals surface area contributed by atoms with Gasteiger partial charge in [0.1, 0.15) is 0 Å². The van der Waals surface area contributed by atoms with E-state index in [0.29, 0.717) is 5.56 Å². The average Bonchev–Trinajstić information content (AvgIpc) is 3.22. The summed E-state index contributed by atoms with van der Waals surface area (Å²) < 4.78 is 0. The molecule has 2 bridgehead atoms. The monoisotopic (exact) mass is 340 g/mol. The minimum atomic E-state index is -0.0157. The molecule has 2 fully saturated rings. The SMILES string of the molecule is O=C(NC1C[C@@H]2CC[C@@H](C1)N2C(=O)c1cccs1)c1ccccc1. The number of hydrogen-bond donors (Lipinski definition) is 1. The third-order valence-electron chi connectivity index (χ3n) is 5.07. The Bertz CT molecular complexity index is 715. The number of nitrogens with one attached hydrogen (secondary N) is 1. The van der Waals surface area contributed by atoms with Crippen molar-refractivity contribution in [3.8, 4) is 0 Å². The van der Waals surface area contributed by atoms with Crippen LogP contribution in [0.5, 0.6) is 0 Å². The molecule has 2 aliphatic heterocycles. The van der Waals surface area contributed by atoms with Crippen LogP contribution in [0, 0.1) is 0 Å². The lowest BCUT2D eigenvalue weighted by Crippen LogP contribution is -2.52. The van der Waals surface area contributed by atoms with Gasteiger partial charge in [-0.25, -0.2) is 0 Å². The smallest absolute Gasteiger partial charge is 0.264 e. The van der Waals surface area contributed by atoms with Gasteiger partial charge in [0.15, 0.2) is 0 Å². The molecule has 2 amide bonds. The number of rotatable bonds is 3. The van der Waals surface area contributed by atoms with Gasteiger partial charge in [-0.2, -0.15) is 0 Å². The molecule has 3 heterocycles. The van der Waals surface area contributed by atoms with Crippen LogP contribution in [0.2, 0.25) is 0 Å². The molecule has 0 spiro atoms. The number of piperidine rings is 1. The molecule has 2 aromatic rings. The summed E-state index contributed by atoms with van der Waals surface area (Å²) >= 11 is 1.50. The fourth-order valence-electron chi connectivity index (χ4n) is 4.01. The molecule has 5 heteroatoms. The number of carbonyl (C=O) groups is 2. The van der Waals surface area contributed by atoms with Crippen molar-refractivity contribution in [3.05, 3.63) is 58.3 Å². The first-order chi connectivity index (χ1) is 11.7. The Kier molecular flexibility index (Phi) is 4.10. The van der Waals surface area contributed by atoms with E-state index in [2.05, 4.69) is 10.2 Å². The molecule has 0 aliphatic carbocycles. The van der Waals surface area contributed by atoms with E-state index in [1.165, 1.54) is 11.3 Å². The first-order valence-electron chi connectivity index (χ1n) is 8.44. The molecule has 2 saturated heterocycles. The maximum atomic E-state index is 12.7. The van der Waals surface area contributed by atoms with Crippen molar-refractivity contribution in [2.75, 3.05) is 0 Å². The number of fused-ring (bicyclic) bond motifs is 2. The normalized spacial score (nSPS) is 25.5. The van der Waals surface area contributed by atoms with Crippen LogP contribution in [0.3, 0.4) is 0 Å². The molecule has 2 aliphatic rings. The lowest BCUT2D eigenvalue weighted by molar-refractivity contribution is 0.0554. The Morgan fingerprint density at radius 1 is 1.00 bits per heavy atom. The average molecular weight is 340 g/mol. The summed E-state index contributed by atoms with van der Waals surface area (Å²) in [6.07, 6.45) is 3.79. The highest BCUT2D eigenvalue weighted by molar-refractivity contribution is 7.12. The predicted molar refractivity (Wildman–Crippen MR) is 94.2 cm³/mol. The molecule has 24 heavy (non-hydrogen) atoms. The quantitative estimate of drug-likeness (QED) is 0.932. The van der Waals surface area contributed by atoms with Crippen molar-refractivity contribution in [1.82, 2.24) is 10.2 Å². The maximum Gasteiger partial charge on any atom is 0.264 e. The Hall–Kier alpha value is -2.14. The molecule has 0 unspecified atom stereocenters. The standard InChI is InChI=1S/C19H20N2O2S/c22-18(13-5-2-1-3-6-13)20-14-11-15-8-9-16(12-14)21(15)19(23)17-7-4-10-24-17/h1-7,10,14-16H,8-9,11-12H2,(H,20,22)/t15-,16-/m0/s1. The molecule has 1 aromatic heterocycles. The van der Waals surface area contributed by atoms with E-state index in [1.807, 2.05) is 47.8 Å². The van der Waals surface area contributed by atoms with E-state index in [0.717, 1.165) is 30.6 Å². The Morgan fingerprint density at radius 2 is 1.71 bits per heavy atom. The fourth-order valence-corrected chi connectivity index (χ4v) is 4.68. The van der Waals surface area contributed by atoms with Gasteiger partial charge in [-0.15, -0.1) is 11.3 Å². The van der Waals surface area contributed by atoms with Gasteiger partial charge in [0.05, 0.1) is 4.88 Å². The second-order valence-corrected chi connectivity index (χ2v) is 7.53. The molecule has 2 atom stereocenters. The van der Waals surface area contributed by atoms with Gasteiger partial charge in [-0.05, 0) is 49.3 Å². The number of amides is 2. The van der Waals surface area contributed by atoms with Crippen molar-refractivity contribution >= 4 is 23.2 Å². The molecule has 1 aromatic carbocycles. The maximum absolute atomic E-state index is 12.7. The first-order valence-corrected chi connectivity index (χ1v) is 9.32. The Labute approximate surface area is 145 Å². The van der Waals surface area contributed by atoms with Crippen molar-refractivity contribution < 1.29 is 9.59 Å². The van der Waals surface area contributed by atoms with Crippen LogP contribution in [0.1, 0.15) is 45.7 Å². The van der Waals surface area contributed by atoms with Crippen molar-refractivity contribution in [3.63, 3.8) is 0 Å². The molecular formula is C19H20N2O2S. The zero-order valence-electron chi connectivity index (χ0n) is 13.4. The fraction of sp³-hybridized carbons (Fsp3) is 0.368. The van der Waals surface area contributed by atoms with Crippen molar-refractivity contribution in [1.29, 1.82) is 0 Å². The van der Waals surface area contributed by atoms with Crippen LogP contribution >= 0.6 is 11.3 Å².